The fraction of sp³-hybridized carbons (Fsp3) is 0.450. The third-order valence-electron chi connectivity index (χ3n) is 5.47. The molecule has 25 heavy (non-hydrogen) atoms. The summed E-state index contributed by atoms with van der Waals surface area (Å²) in [5, 5.41) is 3.22. The van der Waals surface area contributed by atoms with Gasteiger partial charge in [-0.05, 0) is 37.3 Å². The van der Waals surface area contributed by atoms with Gasteiger partial charge in [-0.1, -0.05) is 30.3 Å². The average molecular weight is 336 g/mol. The smallest absolute Gasteiger partial charge is 0.225 e. The molecule has 1 aliphatic carbocycles. The van der Waals surface area contributed by atoms with Gasteiger partial charge in [0, 0.05) is 37.4 Å². The fourth-order valence-corrected chi connectivity index (χ4v) is 3.74. The number of amides is 1. The molecule has 1 N–H and O–H groups in total. The zero-order valence-corrected chi connectivity index (χ0v) is 14.4. The summed E-state index contributed by atoms with van der Waals surface area (Å²) >= 11 is 0. The Hall–Kier alpha value is -2.43. The minimum atomic E-state index is 0.0177. The highest BCUT2D eigenvalue weighted by Gasteiger charge is 2.44. The van der Waals surface area contributed by atoms with Crippen molar-refractivity contribution in [2.75, 3.05) is 24.5 Å². The van der Waals surface area contributed by atoms with Gasteiger partial charge >= 0.3 is 0 Å². The number of anilines is 1. The first-order valence-electron chi connectivity index (χ1n) is 9.12. The first-order valence-corrected chi connectivity index (χ1v) is 9.12. The van der Waals surface area contributed by atoms with Crippen molar-refractivity contribution < 1.29 is 4.79 Å². The lowest BCUT2D eigenvalue weighted by atomic mass is 9.94. The Morgan fingerprint density at radius 1 is 1.16 bits per heavy atom. The predicted octanol–water partition coefficient (Wildman–Crippen LogP) is 2.54. The van der Waals surface area contributed by atoms with Crippen LogP contribution in [0.15, 0.2) is 48.8 Å². The SMILES string of the molecule is O=C(NCC1(c2ccccc2)CC1)[C@H]1CCCN(c2ncccn2)C1. The zero-order chi connectivity index (χ0) is 17.1. The number of hydrogen-bond acceptors (Lipinski definition) is 4. The molecule has 1 amide bonds. The number of rotatable bonds is 5. The van der Waals surface area contributed by atoms with E-state index in [1.807, 2.05) is 12.1 Å². The van der Waals surface area contributed by atoms with Gasteiger partial charge < -0.3 is 10.2 Å². The molecular weight excluding hydrogens is 312 g/mol. The first-order chi connectivity index (χ1) is 12.3. The molecule has 0 radical (unpaired) electrons. The maximum Gasteiger partial charge on any atom is 0.225 e. The number of benzene rings is 1. The van der Waals surface area contributed by atoms with Gasteiger partial charge in [0.1, 0.15) is 0 Å². The van der Waals surface area contributed by atoms with Gasteiger partial charge in [0.25, 0.3) is 0 Å². The van der Waals surface area contributed by atoms with Gasteiger partial charge in [-0.25, -0.2) is 9.97 Å². The van der Waals surface area contributed by atoms with Crippen LogP contribution in [0.4, 0.5) is 5.95 Å². The standard InChI is InChI=1S/C20H24N4O/c25-18(23-15-20(9-10-20)17-7-2-1-3-8-17)16-6-4-13-24(14-16)19-21-11-5-12-22-19/h1-3,5,7-8,11-12,16H,4,6,9-10,13-15H2,(H,23,25)/t16-/m0/s1. The van der Waals surface area contributed by atoms with Crippen molar-refractivity contribution in [1.82, 2.24) is 15.3 Å². The molecular formula is C20H24N4O. The molecule has 0 bridgehead atoms. The summed E-state index contributed by atoms with van der Waals surface area (Å²) in [7, 11) is 0. The van der Waals surface area contributed by atoms with Crippen LogP contribution in [0, 0.1) is 5.92 Å². The molecule has 2 fully saturated rings. The quantitative estimate of drug-likeness (QED) is 0.912. The molecule has 5 nitrogen and oxygen atoms in total. The summed E-state index contributed by atoms with van der Waals surface area (Å²) in [5.41, 5.74) is 1.51. The van der Waals surface area contributed by atoms with Crippen LogP contribution < -0.4 is 10.2 Å². The topological polar surface area (TPSA) is 58.1 Å². The fourth-order valence-electron chi connectivity index (χ4n) is 3.74. The molecule has 0 unspecified atom stereocenters. The molecule has 2 aromatic rings. The van der Waals surface area contributed by atoms with Crippen LogP contribution in [0.3, 0.4) is 0 Å². The summed E-state index contributed by atoms with van der Waals surface area (Å²) in [4.78, 5) is 23.5. The Kier molecular flexibility index (Phi) is 4.38. The number of nitrogens with zero attached hydrogens (tertiary/aromatic N) is 3. The van der Waals surface area contributed by atoms with Crippen molar-refractivity contribution in [3.8, 4) is 0 Å². The van der Waals surface area contributed by atoms with E-state index in [0.717, 1.165) is 44.7 Å². The molecule has 4 rings (SSSR count). The number of nitrogens with one attached hydrogen (secondary N) is 1. The monoisotopic (exact) mass is 336 g/mol. The second kappa shape index (κ2) is 6.82. The van der Waals surface area contributed by atoms with Gasteiger partial charge in [-0.3, -0.25) is 4.79 Å². The highest BCUT2D eigenvalue weighted by Crippen LogP contribution is 2.47. The highest BCUT2D eigenvalue weighted by molar-refractivity contribution is 5.79. The van der Waals surface area contributed by atoms with Crippen molar-refractivity contribution in [3.05, 3.63) is 54.4 Å². The first kappa shape index (κ1) is 16.1. The van der Waals surface area contributed by atoms with E-state index in [2.05, 4.69) is 44.5 Å². The van der Waals surface area contributed by atoms with Crippen molar-refractivity contribution in [3.63, 3.8) is 0 Å². The Morgan fingerprint density at radius 2 is 1.92 bits per heavy atom. The molecule has 1 atom stereocenters. The molecule has 1 aromatic carbocycles. The molecule has 2 heterocycles. The largest absolute Gasteiger partial charge is 0.355 e. The lowest BCUT2D eigenvalue weighted by molar-refractivity contribution is -0.125. The van der Waals surface area contributed by atoms with Crippen molar-refractivity contribution >= 4 is 11.9 Å². The van der Waals surface area contributed by atoms with Gasteiger partial charge in [0.2, 0.25) is 11.9 Å². The minimum absolute atomic E-state index is 0.0177. The zero-order valence-electron chi connectivity index (χ0n) is 14.4. The molecule has 130 valence electrons. The second-order valence-corrected chi connectivity index (χ2v) is 7.20. The lowest BCUT2D eigenvalue weighted by Crippen LogP contribution is -2.45. The molecule has 2 aliphatic rings. The Bertz CT molecular complexity index is 715. The maximum atomic E-state index is 12.7. The van der Waals surface area contributed by atoms with Crippen LogP contribution in [0.25, 0.3) is 0 Å². The van der Waals surface area contributed by atoms with E-state index < -0.39 is 0 Å². The van der Waals surface area contributed by atoms with Crippen molar-refractivity contribution in [2.45, 2.75) is 31.1 Å². The Balaban J connectivity index is 1.35. The molecule has 1 aromatic heterocycles. The van der Waals surface area contributed by atoms with Crippen LogP contribution in [0.2, 0.25) is 0 Å². The minimum Gasteiger partial charge on any atom is -0.355 e. The summed E-state index contributed by atoms with van der Waals surface area (Å²) in [6.07, 6.45) is 7.76. The van der Waals surface area contributed by atoms with E-state index in [1.165, 1.54) is 5.56 Å². The number of hydrogen-bond donors (Lipinski definition) is 1. The second-order valence-electron chi connectivity index (χ2n) is 7.20. The van der Waals surface area contributed by atoms with Crippen LogP contribution >= 0.6 is 0 Å². The van der Waals surface area contributed by atoms with Crippen LogP contribution in [0.1, 0.15) is 31.2 Å². The van der Waals surface area contributed by atoms with E-state index >= 15 is 0 Å². The number of carbonyl (C=O) groups excluding carboxylic acids is 1. The molecule has 1 aliphatic heterocycles. The maximum absolute atomic E-state index is 12.7. The normalized spacial score (nSPS) is 21.6. The number of aromatic nitrogens is 2. The Labute approximate surface area is 148 Å². The van der Waals surface area contributed by atoms with Crippen molar-refractivity contribution in [1.29, 1.82) is 0 Å². The summed E-state index contributed by atoms with van der Waals surface area (Å²) < 4.78 is 0. The molecule has 1 saturated carbocycles. The van der Waals surface area contributed by atoms with Gasteiger partial charge in [-0.15, -0.1) is 0 Å². The Morgan fingerprint density at radius 3 is 2.64 bits per heavy atom. The third kappa shape index (κ3) is 3.50. The van der Waals surface area contributed by atoms with Crippen LogP contribution in [-0.2, 0) is 10.2 Å². The highest BCUT2D eigenvalue weighted by atomic mass is 16.1. The van der Waals surface area contributed by atoms with E-state index in [9.17, 15) is 4.79 Å². The number of piperidine rings is 1. The summed E-state index contributed by atoms with van der Waals surface area (Å²) in [5.74, 6) is 0.912. The third-order valence-corrected chi connectivity index (χ3v) is 5.47. The molecule has 0 spiro atoms. The molecule has 1 saturated heterocycles. The van der Waals surface area contributed by atoms with Crippen molar-refractivity contribution in [2.24, 2.45) is 5.92 Å². The average Bonchev–Trinajstić information content (AvgIpc) is 3.49. The predicted molar refractivity (Wildman–Crippen MR) is 97.3 cm³/mol. The van der Waals surface area contributed by atoms with Crippen LogP contribution in [0.5, 0.6) is 0 Å². The van der Waals surface area contributed by atoms with Gasteiger partial charge in [0.15, 0.2) is 0 Å². The van der Waals surface area contributed by atoms with Gasteiger partial charge in [0.05, 0.1) is 5.92 Å². The van der Waals surface area contributed by atoms with E-state index in [1.54, 1.807) is 12.4 Å². The number of carbonyl (C=O) groups is 1. The van der Waals surface area contributed by atoms with Crippen LogP contribution in [-0.4, -0.2) is 35.5 Å². The van der Waals surface area contributed by atoms with E-state index in [4.69, 9.17) is 0 Å². The summed E-state index contributed by atoms with van der Waals surface area (Å²) in [6.45, 7) is 2.37. The lowest BCUT2D eigenvalue weighted by Gasteiger charge is -2.32. The molecule has 5 heteroatoms. The van der Waals surface area contributed by atoms with E-state index in [0.29, 0.717) is 6.54 Å². The van der Waals surface area contributed by atoms with E-state index in [-0.39, 0.29) is 17.2 Å². The summed E-state index contributed by atoms with van der Waals surface area (Å²) in [6, 6.07) is 12.4. The van der Waals surface area contributed by atoms with Gasteiger partial charge in [-0.2, -0.15) is 0 Å².